The largest absolute Gasteiger partial charge is 0.412 e. The fraction of sp³-hybridized carbons (Fsp3) is 1.00. The first-order valence-electron chi connectivity index (χ1n) is 2.50. The Morgan fingerprint density at radius 3 is 2.29 bits per heavy atom. The topological polar surface area (TPSA) is 12.5 Å². The predicted molar refractivity (Wildman–Crippen MR) is 34.0 cm³/mol. The fourth-order valence-electron chi connectivity index (χ4n) is 0.274. The summed E-state index contributed by atoms with van der Waals surface area (Å²) in [6, 6.07) is 0. The number of rotatable bonds is 3. The number of nitrogens with zero attached hydrogens (tertiary/aromatic N) is 1. The lowest BCUT2D eigenvalue weighted by atomic mass is 11.0. The van der Waals surface area contributed by atoms with E-state index in [1.54, 1.807) is 0 Å². The van der Waals surface area contributed by atoms with Gasteiger partial charge in [-0.1, -0.05) is 6.55 Å². The molecule has 0 N–H and O–H groups in total. The molecule has 0 aromatic heterocycles. The average molecular weight is 119 g/mol. The van der Waals surface area contributed by atoms with Crippen LogP contribution in [0.5, 0.6) is 0 Å². The molecule has 0 atom stereocenters. The molecule has 7 heavy (non-hydrogen) atoms. The molecule has 0 aromatic carbocycles. The molecule has 0 amide bonds. The van der Waals surface area contributed by atoms with Crippen LogP contribution < -0.4 is 0 Å². The summed E-state index contributed by atoms with van der Waals surface area (Å²) in [5.74, 6) is 0. The summed E-state index contributed by atoms with van der Waals surface area (Å²) in [5, 5.41) is 0. The molecule has 0 spiro atoms. The van der Waals surface area contributed by atoms with Crippen LogP contribution in [0.15, 0.2) is 0 Å². The molecule has 0 heterocycles. The van der Waals surface area contributed by atoms with Gasteiger partial charge < -0.3 is 4.43 Å². The summed E-state index contributed by atoms with van der Waals surface area (Å²) in [6.45, 7) is 2.92. The van der Waals surface area contributed by atoms with E-state index in [9.17, 15) is 0 Å². The van der Waals surface area contributed by atoms with E-state index in [2.05, 4.69) is 6.55 Å². The predicted octanol–water partition coefficient (Wildman–Crippen LogP) is -0.346. The van der Waals surface area contributed by atoms with Gasteiger partial charge in [0.15, 0.2) is 9.76 Å². The normalized spacial score (nSPS) is 12.0. The Morgan fingerprint density at radius 1 is 1.57 bits per heavy atom. The minimum Gasteiger partial charge on any atom is -0.412 e. The molecule has 0 aliphatic heterocycles. The summed E-state index contributed by atoms with van der Waals surface area (Å²) >= 11 is 0. The first kappa shape index (κ1) is 7.14. The number of hydrogen-bond acceptors (Lipinski definition) is 2. The van der Waals surface area contributed by atoms with E-state index in [0.29, 0.717) is 0 Å². The summed E-state index contributed by atoms with van der Waals surface area (Å²) < 4.78 is 5.16. The third-order valence-electron chi connectivity index (χ3n) is 0.554. The van der Waals surface area contributed by atoms with Gasteiger partial charge >= 0.3 is 0 Å². The Hall–Kier alpha value is 0.137. The van der Waals surface area contributed by atoms with Gasteiger partial charge in [0, 0.05) is 0 Å². The monoisotopic (exact) mass is 119 g/mol. The lowest BCUT2D eigenvalue weighted by molar-refractivity contribution is 0.188. The minimum absolute atomic E-state index is 0.170. The van der Waals surface area contributed by atoms with Gasteiger partial charge in [-0.2, -0.15) is 0 Å². The van der Waals surface area contributed by atoms with Crippen molar-refractivity contribution in [2.75, 3.05) is 20.8 Å². The highest BCUT2D eigenvalue weighted by atomic mass is 28.2. The maximum Gasteiger partial charge on any atom is 0.160 e. The van der Waals surface area contributed by atoms with Gasteiger partial charge in [-0.15, -0.1) is 0 Å². The molecule has 0 bridgehead atoms. The van der Waals surface area contributed by atoms with Crippen molar-refractivity contribution < 1.29 is 4.43 Å². The van der Waals surface area contributed by atoms with Crippen LogP contribution in [-0.4, -0.2) is 35.5 Å². The van der Waals surface area contributed by atoms with E-state index < -0.39 is 0 Å². The van der Waals surface area contributed by atoms with Crippen molar-refractivity contribution in [2.24, 2.45) is 0 Å². The third-order valence-corrected chi connectivity index (χ3v) is 1.14. The molecule has 0 unspecified atom stereocenters. The van der Waals surface area contributed by atoms with E-state index in [1.807, 2.05) is 19.0 Å². The molecule has 0 saturated heterocycles. The fourth-order valence-corrected chi connectivity index (χ4v) is 0.822. The Balaban J connectivity index is 2.68. The zero-order chi connectivity index (χ0) is 5.70. The Labute approximate surface area is 47.4 Å². The summed E-state index contributed by atoms with van der Waals surface area (Å²) in [6.07, 6.45) is 0. The molecular weight excluding hydrogens is 106 g/mol. The second kappa shape index (κ2) is 4.30. The van der Waals surface area contributed by atoms with Gasteiger partial charge in [0.25, 0.3) is 0 Å². The minimum atomic E-state index is -0.170. The van der Waals surface area contributed by atoms with Crippen molar-refractivity contribution in [1.29, 1.82) is 0 Å². The van der Waals surface area contributed by atoms with Crippen molar-refractivity contribution >= 4 is 9.76 Å². The van der Waals surface area contributed by atoms with Crippen molar-refractivity contribution in [3.63, 3.8) is 0 Å². The zero-order valence-electron chi connectivity index (χ0n) is 5.27. The Bertz CT molecular complexity index is 40.7. The molecule has 2 nitrogen and oxygen atoms in total. The van der Waals surface area contributed by atoms with Gasteiger partial charge in [0.05, 0.1) is 6.73 Å². The van der Waals surface area contributed by atoms with Gasteiger partial charge in [0.1, 0.15) is 0 Å². The first-order chi connectivity index (χ1) is 3.27. The van der Waals surface area contributed by atoms with Crippen molar-refractivity contribution in [1.82, 2.24) is 4.90 Å². The van der Waals surface area contributed by atoms with E-state index in [0.717, 1.165) is 6.73 Å². The highest BCUT2D eigenvalue weighted by molar-refractivity contribution is 6.24. The number of hydrogen-bond donors (Lipinski definition) is 0. The maximum absolute atomic E-state index is 5.16. The summed E-state index contributed by atoms with van der Waals surface area (Å²) in [4.78, 5) is 2.02. The van der Waals surface area contributed by atoms with E-state index in [1.165, 1.54) is 0 Å². The summed E-state index contributed by atoms with van der Waals surface area (Å²) in [7, 11) is 3.84. The highest BCUT2D eigenvalue weighted by Crippen LogP contribution is 1.72. The Morgan fingerprint density at radius 2 is 2.14 bits per heavy atom. The highest BCUT2D eigenvalue weighted by Gasteiger charge is 1.82. The van der Waals surface area contributed by atoms with Crippen LogP contribution in [0.25, 0.3) is 0 Å². The van der Waals surface area contributed by atoms with E-state index in [4.69, 9.17) is 4.43 Å². The van der Waals surface area contributed by atoms with Crippen LogP contribution in [0, 0.1) is 0 Å². The first-order valence-corrected chi connectivity index (χ1v) is 4.49. The molecule has 3 heteroatoms. The van der Waals surface area contributed by atoms with Crippen LogP contribution in [0.3, 0.4) is 0 Å². The van der Waals surface area contributed by atoms with Crippen LogP contribution in [0.4, 0.5) is 0 Å². The standard InChI is InChI=1S/C4H13NOSi/c1-5(2)4-6-7-3/h4,7H2,1-3H3. The lowest BCUT2D eigenvalue weighted by Crippen LogP contribution is -2.16. The van der Waals surface area contributed by atoms with Crippen molar-refractivity contribution in [3.05, 3.63) is 0 Å². The van der Waals surface area contributed by atoms with Gasteiger partial charge in [-0.3, -0.25) is 4.90 Å². The summed E-state index contributed by atoms with van der Waals surface area (Å²) in [5.41, 5.74) is 0. The molecule has 0 radical (unpaired) electrons. The van der Waals surface area contributed by atoms with Gasteiger partial charge in [-0.05, 0) is 14.1 Å². The molecule has 0 aliphatic carbocycles. The smallest absolute Gasteiger partial charge is 0.160 e. The quantitative estimate of drug-likeness (QED) is 0.372. The SMILES string of the molecule is C[SiH2]OCN(C)C. The van der Waals surface area contributed by atoms with E-state index in [-0.39, 0.29) is 9.76 Å². The molecule has 44 valence electrons. The maximum atomic E-state index is 5.16. The third kappa shape index (κ3) is 6.14. The molecular formula is C4H13NOSi. The molecule has 0 rings (SSSR count). The van der Waals surface area contributed by atoms with Crippen LogP contribution in [-0.2, 0) is 4.43 Å². The van der Waals surface area contributed by atoms with Crippen LogP contribution >= 0.6 is 0 Å². The van der Waals surface area contributed by atoms with Gasteiger partial charge in [-0.25, -0.2) is 0 Å². The van der Waals surface area contributed by atoms with E-state index >= 15 is 0 Å². The van der Waals surface area contributed by atoms with Crippen LogP contribution in [0.2, 0.25) is 6.55 Å². The second-order valence-electron chi connectivity index (χ2n) is 1.70. The Kier molecular flexibility index (Phi) is 4.38. The van der Waals surface area contributed by atoms with Gasteiger partial charge in [0.2, 0.25) is 0 Å². The molecule has 0 fully saturated rings. The molecule has 0 aliphatic rings. The lowest BCUT2D eigenvalue weighted by Gasteiger charge is -2.07. The molecule has 0 aromatic rings. The average Bonchev–Trinajstić information content (AvgIpc) is 1.61. The second-order valence-corrected chi connectivity index (χ2v) is 2.69. The van der Waals surface area contributed by atoms with Crippen molar-refractivity contribution in [2.45, 2.75) is 6.55 Å². The zero-order valence-corrected chi connectivity index (χ0v) is 6.68. The molecule has 0 saturated carbocycles. The van der Waals surface area contributed by atoms with Crippen LogP contribution in [0.1, 0.15) is 0 Å². The van der Waals surface area contributed by atoms with Crippen molar-refractivity contribution in [3.8, 4) is 0 Å².